The third-order valence-corrected chi connectivity index (χ3v) is 5.86. The van der Waals surface area contributed by atoms with E-state index in [0.29, 0.717) is 16.4 Å². The summed E-state index contributed by atoms with van der Waals surface area (Å²) in [5, 5.41) is 2.17. The minimum absolute atomic E-state index is 0.141. The third-order valence-electron chi connectivity index (χ3n) is 3.65. The zero-order chi connectivity index (χ0) is 15.9. The topological polar surface area (TPSA) is 80.5 Å². The maximum absolute atomic E-state index is 12.4. The van der Waals surface area contributed by atoms with Crippen molar-refractivity contribution in [1.29, 1.82) is 0 Å². The van der Waals surface area contributed by atoms with E-state index in [1.165, 1.54) is 6.92 Å². The second-order valence-corrected chi connectivity index (χ2v) is 8.34. The molecular formula is C14H16ClN3O3S. The van der Waals surface area contributed by atoms with Crippen molar-refractivity contribution in [1.82, 2.24) is 14.7 Å². The molecule has 3 rings (SSSR count). The van der Waals surface area contributed by atoms with Crippen molar-refractivity contribution in [3.63, 3.8) is 0 Å². The number of sulfone groups is 1. The van der Waals surface area contributed by atoms with Crippen molar-refractivity contribution >= 4 is 33.0 Å². The molecule has 0 aliphatic heterocycles. The summed E-state index contributed by atoms with van der Waals surface area (Å²) in [4.78, 5) is 16.2. The van der Waals surface area contributed by atoms with Crippen LogP contribution in [-0.4, -0.2) is 35.0 Å². The second kappa shape index (κ2) is 5.55. The van der Waals surface area contributed by atoms with E-state index in [-0.39, 0.29) is 11.8 Å². The van der Waals surface area contributed by atoms with Gasteiger partial charge in [-0.3, -0.25) is 4.79 Å². The van der Waals surface area contributed by atoms with Gasteiger partial charge >= 0.3 is 0 Å². The molecule has 2 heterocycles. The molecule has 0 bridgehead atoms. The molecule has 1 N–H and O–H groups in total. The Bertz CT molecular complexity index is 827. The van der Waals surface area contributed by atoms with E-state index in [9.17, 15) is 13.2 Å². The second-order valence-electron chi connectivity index (χ2n) is 5.58. The number of pyridine rings is 1. The Balaban J connectivity index is 1.77. The number of nitrogens with one attached hydrogen (secondary N) is 1. The first-order valence-corrected chi connectivity index (χ1v) is 9.09. The fourth-order valence-electron chi connectivity index (χ4n) is 2.13. The van der Waals surface area contributed by atoms with Crippen LogP contribution in [-0.2, 0) is 20.4 Å². The number of rotatable bonds is 5. The SMILES string of the molecule is C[C@@H](C(=O)NC1CC1)S(=O)(=O)Cc1cn2cc(Cl)ccc2n1. The predicted octanol–water partition coefficient (Wildman–Crippen LogP) is 1.57. The van der Waals surface area contributed by atoms with Crippen LogP contribution in [0.15, 0.2) is 24.5 Å². The van der Waals surface area contributed by atoms with E-state index < -0.39 is 21.0 Å². The fourth-order valence-corrected chi connectivity index (χ4v) is 3.49. The van der Waals surface area contributed by atoms with E-state index in [0.717, 1.165) is 12.8 Å². The molecule has 0 radical (unpaired) electrons. The van der Waals surface area contributed by atoms with Gasteiger partial charge in [0.1, 0.15) is 10.9 Å². The molecule has 6 nitrogen and oxygen atoms in total. The van der Waals surface area contributed by atoms with Crippen molar-refractivity contribution in [3.8, 4) is 0 Å². The van der Waals surface area contributed by atoms with Crippen LogP contribution in [0.2, 0.25) is 5.02 Å². The number of fused-ring (bicyclic) bond motifs is 1. The van der Waals surface area contributed by atoms with Gasteiger partial charge in [0, 0.05) is 18.4 Å². The molecule has 0 spiro atoms. The van der Waals surface area contributed by atoms with Crippen LogP contribution in [0.1, 0.15) is 25.5 Å². The summed E-state index contributed by atoms with van der Waals surface area (Å²) in [6, 6.07) is 3.54. The average molecular weight is 342 g/mol. The Kier molecular flexibility index (Phi) is 3.86. The molecule has 2 aromatic rings. The quantitative estimate of drug-likeness (QED) is 0.895. The minimum atomic E-state index is -3.61. The van der Waals surface area contributed by atoms with Gasteiger partial charge in [-0.1, -0.05) is 11.6 Å². The minimum Gasteiger partial charge on any atom is -0.352 e. The Morgan fingerprint density at radius 1 is 1.45 bits per heavy atom. The van der Waals surface area contributed by atoms with Gasteiger partial charge in [0.05, 0.1) is 16.5 Å². The van der Waals surface area contributed by atoms with Gasteiger partial charge in [0.2, 0.25) is 5.91 Å². The molecule has 1 atom stereocenters. The van der Waals surface area contributed by atoms with E-state index in [1.54, 1.807) is 28.9 Å². The number of imidazole rings is 1. The summed E-state index contributed by atoms with van der Waals surface area (Å²) < 4.78 is 26.4. The standard InChI is InChI=1S/C14H16ClN3O3S/c1-9(14(19)17-11-3-4-11)22(20,21)8-12-7-18-6-10(15)2-5-13(18)16-12/h2,5-7,9,11H,3-4,8H2,1H3,(H,17,19)/t9-/m0/s1. The molecule has 1 fully saturated rings. The predicted molar refractivity (Wildman–Crippen MR) is 83.5 cm³/mol. The summed E-state index contributed by atoms with van der Waals surface area (Å²) in [5.74, 6) is -0.708. The molecule has 2 aromatic heterocycles. The van der Waals surface area contributed by atoms with Gasteiger partial charge in [-0.25, -0.2) is 13.4 Å². The van der Waals surface area contributed by atoms with Crippen LogP contribution in [0.3, 0.4) is 0 Å². The molecule has 0 aromatic carbocycles. The van der Waals surface area contributed by atoms with Gasteiger partial charge < -0.3 is 9.72 Å². The van der Waals surface area contributed by atoms with E-state index in [2.05, 4.69) is 10.3 Å². The maximum Gasteiger partial charge on any atom is 0.238 e. The van der Waals surface area contributed by atoms with Gasteiger partial charge in [-0.15, -0.1) is 0 Å². The summed E-state index contributed by atoms with van der Waals surface area (Å²) >= 11 is 5.89. The molecule has 1 saturated carbocycles. The number of carbonyl (C=O) groups is 1. The van der Waals surface area contributed by atoms with Crippen LogP contribution in [0.25, 0.3) is 5.65 Å². The first-order valence-electron chi connectivity index (χ1n) is 7.00. The highest BCUT2D eigenvalue weighted by atomic mass is 35.5. The number of hydrogen-bond acceptors (Lipinski definition) is 4. The van der Waals surface area contributed by atoms with Crippen LogP contribution in [0.4, 0.5) is 0 Å². The highest BCUT2D eigenvalue weighted by molar-refractivity contribution is 7.92. The van der Waals surface area contributed by atoms with Crippen molar-refractivity contribution in [3.05, 3.63) is 35.2 Å². The number of carbonyl (C=O) groups excluding carboxylic acids is 1. The summed E-state index contributed by atoms with van der Waals surface area (Å²) in [6.07, 6.45) is 5.12. The Morgan fingerprint density at radius 3 is 2.86 bits per heavy atom. The molecular weight excluding hydrogens is 326 g/mol. The fraction of sp³-hybridized carbons (Fsp3) is 0.429. The van der Waals surface area contributed by atoms with E-state index >= 15 is 0 Å². The summed E-state index contributed by atoms with van der Waals surface area (Å²) in [7, 11) is -3.61. The maximum atomic E-state index is 12.4. The van der Waals surface area contributed by atoms with E-state index in [1.807, 2.05) is 0 Å². The largest absolute Gasteiger partial charge is 0.352 e. The average Bonchev–Trinajstić information content (AvgIpc) is 3.16. The van der Waals surface area contributed by atoms with E-state index in [4.69, 9.17) is 11.6 Å². The Morgan fingerprint density at radius 2 is 2.18 bits per heavy atom. The molecule has 118 valence electrons. The van der Waals surface area contributed by atoms with Crippen LogP contribution >= 0.6 is 11.6 Å². The lowest BCUT2D eigenvalue weighted by molar-refractivity contribution is -0.120. The normalized spacial score (nSPS) is 16.6. The lowest BCUT2D eigenvalue weighted by Crippen LogP contribution is -2.39. The lowest BCUT2D eigenvalue weighted by atomic mass is 10.4. The van der Waals surface area contributed by atoms with Crippen LogP contribution in [0, 0.1) is 0 Å². The smallest absolute Gasteiger partial charge is 0.238 e. The zero-order valence-corrected chi connectivity index (χ0v) is 13.6. The molecule has 1 amide bonds. The zero-order valence-electron chi connectivity index (χ0n) is 12.0. The highest BCUT2D eigenvalue weighted by Crippen LogP contribution is 2.20. The molecule has 0 saturated heterocycles. The van der Waals surface area contributed by atoms with Crippen molar-refractivity contribution in [2.45, 2.75) is 36.8 Å². The van der Waals surface area contributed by atoms with Crippen LogP contribution < -0.4 is 5.32 Å². The highest BCUT2D eigenvalue weighted by Gasteiger charge is 2.32. The monoisotopic (exact) mass is 341 g/mol. The van der Waals surface area contributed by atoms with Crippen molar-refractivity contribution in [2.75, 3.05) is 0 Å². The number of aromatic nitrogens is 2. The van der Waals surface area contributed by atoms with Gasteiger partial charge in [0.25, 0.3) is 0 Å². The number of halogens is 1. The van der Waals surface area contributed by atoms with Crippen molar-refractivity contribution < 1.29 is 13.2 Å². The lowest BCUT2D eigenvalue weighted by Gasteiger charge is -2.11. The van der Waals surface area contributed by atoms with Gasteiger partial charge in [-0.2, -0.15) is 0 Å². The van der Waals surface area contributed by atoms with Crippen molar-refractivity contribution in [2.24, 2.45) is 0 Å². The molecule has 22 heavy (non-hydrogen) atoms. The van der Waals surface area contributed by atoms with Gasteiger partial charge in [0.15, 0.2) is 9.84 Å². The molecule has 8 heteroatoms. The van der Waals surface area contributed by atoms with Crippen LogP contribution in [0.5, 0.6) is 0 Å². The number of hydrogen-bond donors (Lipinski definition) is 1. The number of nitrogens with zero attached hydrogens (tertiary/aromatic N) is 2. The summed E-state index contributed by atoms with van der Waals surface area (Å²) in [5.41, 5.74) is 1.01. The first-order chi connectivity index (χ1) is 10.3. The first kappa shape index (κ1) is 15.3. The number of amides is 1. The van der Waals surface area contributed by atoms with Gasteiger partial charge in [-0.05, 0) is 31.9 Å². The molecule has 1 aliphatic rings. The summed E-state index contributed by atoms with van der Waals surface area (Å²) in [6.45, 7) is 1.42. The Labute approximate surface area is 133 Å². The third kappa shape index (κ3) is 3.25. The molecule has 1 aliphatic carbocycles. The molecule has 0 unspecified atom stereocenters. The Hall–Kier alpha value is -1.60.